The van der Waals surface area contributed by atoms with E-state index in [1.165, 1.54) is 6.92 Å². The van der Waals surface area contributed by atoms with Crippen LogP contribution in [0, 0.1) is 5.41 Å². The number of aryl methyl sites for hydroxylation is 2. The molecule has 3 N–H and O–H groups in total. The number of imidazole rings is 1. The van der Waals surface area contributed by atoms with Crippen molar-refractivity contribution in [1.29, 1.82) is 5.41 Å². The number of carbonyl (C=O) groups excluding carboxylic acids is 3. The molecule has 4 rings (SSSR count). The third kappa shape index (κ3) is 10.3. The van der Waals surface area contributed by atoms with Crippen molar-refractivity contribution in [2.75, 3.05) is 30.4 Å². The zero-order chi connectivity index (χ0) is 33.5. The van der Waals surface area contributed by atoms with Crippen molar-refractivity contribution >= 4 is 46.2 Å². The number of anilines is 2. The van der Waals surface area contributed by atoms with Crippen molar-refractivity contribution in [3.63, 3.8) is 0 Å². The van der Waals surface area contributed by atoms with Crippen LogP contribution >= 0.6 is 0 Å². The summed E-state index contributed by atoms with van der Waals surface area (Å²) in [6, 6.07) is 18.2. The number of unbranched alkanes of at least 4 members (excludes halogenated alkanes) is 3. The van der Waals surface area contributed by atoms with Crippen LogP contribution in [-0.2, 0) is 23.0 Å². The van der Waals surface area contributed by atoms with Gasteiger partial charge in [-0.25, -0.2) is 14.8 Å². The Morgan fingerprint density at radius 3 is 2.35 bits per heavy atom. The molecule has 0 spiro atoms. The number of nitrogens with zero attached hydrogens (tertiary/aromatic N) is 4. The number of fused-ring (bicyclic) bond motifs is 1. The number of ketones is 1. The van der Waals surface area contributed by atoms with Crippen molar-refractivity contribution in [3.8, 4) is 0 Å². The summed E-state index contributed by atoms with van der Waals surface area (Å²) in [7, 11) is 3.80. The van der Waals surface area contributed by atoms with Crippen LogP contribution in [0.3, 0.4) is 0 Å². The van der Waals surface area contributed by atoms with Crippen LogP contribution in [0.15, 0.2) is 66.9 Å². The van der Waals surface area contributed by atoms with E-state index >= 15 is 0 Å². The summed E-state index contributed by atoms with van der Waals surface area (Å²) in [6.07, 6.45) is 6.42. The third-order valence-electron chi connectivity index (χ3n) is 7.32. The van der Waals surface area contributed by atoms with Crippen LogP contribution in [-0.4, -0.2) is 58.4 Å². The molecule has 2 aromatic heterocycles. The summed E-state index contributed by atoms with van der Waals surface area (Å²) in [5, 5.41) is 13.2. The normalized spacial score (nSPS) is 10.5. The van der Waals surface area contributed by atoms with Gasteiger partial charge in [0.25, 0.3) is 5.91 Å². The third-order valence-corrected chi connectivity index (χ3v) is 7.32. The lowest BCUT2D eigenvalue weighted by Gasteiger charge is -2.21. The number of amidine groups is 1. The lowest BCUT2D eigenvalue weighted by atomic mass is 10.1. The van der Waals surface area contributed by atoms with Gasteiger partial charge >= 0.3 is 6.09 Å². The average molecular weight is 628 g/mol. The number of Topliss-reactive ketones (excluding diaryl/α,β-unsaturated/α-hetero) is 1. The molecule has 2 amide bonds. The number of hydrogen-bond donors (Lipinski definition) is 3. The van der Waals surface area contributed by atoms with E-state index in [2.05, 4.69) is 34.4 Å². The summed E-state index contributed by atoms with van der Waals surface area (Å²) in [6.45, 7) is 6.41. The van der Waals surface area contributed by atoms with Crippen molar-refractivity contribution in [2.24, 2.45) is 7.05 Å². The van der Waals surface area contributed by atoms with Crippen LogP contribution in [0.1, 0.15) is 74.6 Å². The van der Waals surface area contributed by atoms with Gasteiger partial charge in [-0.05, 0) is 67.9 Å². The molecule has 0 aliphatic rings. The van der Waals surface area contributed by atoms with Crippen molar-refractivity contribution in [1.82, 2.24) is 19.9 Å². The first-order chi connectivity index (χ1) is 22.2. The molecule has 244 valence electrons. The first-order valence-corrected chi connectivity index (χ1v) is 15.7. The lowest BCUT2D eigenvalue weighted by molar-refractivity contribution is -0.116. The molecule has 0 bridgehead atoms. The molecule has 0 aliphatic carbocycles. The molecule has 46 heavy (non-hydrogen) atoms. The van der Waals surface area contributed by atoms with E-state index in [1.807, 2.05) is 42.9 Å². The Kier molecular flexibility index (Phi) is 13.9. The Morgan fingerprint density at radius 1 is 0.978 bits per heavy atom. The molecule has 0 atom stereocenters. The average Bonchev–Trinajstić information content (AvgIpc) is 3.39. The number of nitrogens with one attached hydrogen (secondary N) is 3. The number of aromatic nitrogens is 3. The van der Waals surface area contributed by atoms with E-state index in [-0.39, 0.29) is 23.9 Å². The molecule has 11 heteroatoms. The number of ether oxygens (including phenoxy) is 1. The maximum absolute atomic E-state index is 13.1. The van der Waals surface area contributed by atoms with Gasteiger partial charge in [-0.15, -0.1) is 0 Å². The van der Waals surface area contributed by atoms with Crippen LogP contribution in [0.2, 0.25) is 0 Å². The summed E-state index contributed by atoms with van der Waals surface area (Å²) in [4.78, 5) is 46.4. The van der Waals surface area contributed by atoms with Crippen molar-refractivity contribution in [3.05, 3.63) is 83.8 Å². The van der Waals surface area contributed by atoms with Gasteiger partial charge in [0.2, 0.25) is 0 Å². The molecule has 0 saturated heterocycles. The highest BCUT2D eigenvalue weighted by Gasteiger charge is 2.20. The Balaban J connectivity index is 0.000000260. The quantitative estimate of drug-likeness (QED) is 0.0871. The molecule has 0 aliphatic heterocycles. The number of hydrogen-bond acceptors (Lipinski definition) is 8. The topological polar surface area (TPSA) is 142 Å². The molecular formula is C35H45N7O4. The number of carbonyl (C=O) groups is 3. The minimum absolute atomic E-state index is 0.0338. The molecule has 0 saturated carbocycles. The molecule has 2 aromatic carbocycles. The van der Waals surface area contributed by atoms with Crippen molar-refractivity contribution < 1.29 is 19.1 Å². The summed E-state index contributed by atoms with van der Waals surface area (Å²) >= 11 is 0. The van der Waals surface area contributed by atoms with Gasteiger partial charge in [-0.1, -0.05) is 39.2 Å². The van der Waals surface area contributed by atoms with Gasteiger partial charge in [-0.2, -0.15) is 0 Å². The highest BCUT2D eigenvalue weighted by Crippen LogP contribution is 2.20. The van der Waals surface area contributed by atoms with E-state index < -0.39 is 6.09 Å². The maximum Gasteiger partial charge on any atom is 0.412 e. The highest BCUT2D eigenvalue weighted by molar-refractivity contribution is 6.07. The summed E-state index contributed by atoms with van der Waals surface area (Å²) in [5.74, 6) is 1.41. The Bertz CT molecular complexity index is 1600. The van der Waals surface area contributed by atoms with Crippen LogP contribution in [0.25, 0.3) is 11.0 Å². The number of rotatable bonds is 13. The Hall–Kier alpha value is -5.06. The SMILES string of the molecule is CCCCCCOC(=O)NC(=N)c1ccc(NC)cc1.CCc1nc2cc(C(=O)N(CCC(C)=O)c3ccccn3)ccc2n1C. The fourth-order valence-electron chi connectivity index (χ4n) is 4.67. The summed E-state index contributed by atoms with van der Waals surface area (Å²) in [5.41, 5.74) is 3.92. The predicted octanol–water partition coefficient (Wildman–Crippen LogP) is 6.52. The van der Waals surface area contributed by atoms with E-state index in [1.54, 1.807) is 47.5 Å². The fraction of sp³-hybridized carbons (Fsp3) is 0.371. The number of pyridine rings is 1. The second-order valence-electron chi connectivity index (χ2n) is 10.8. The number of amides is 2. The largest absolute Gasteiger partial charge is 0.449 e. The van der Waals surface area contributed by atoms with Gasteiger partial charge in [-0.3, -0.25) is 25.2 Å². The number of benzene rings is 2. The zero-order valence-electron chi connectivity index (χ0n) is 27.4. The standard InChI is InChI=1S/C20H22N4O2.C15H23N3O2/c1-4-18-22-16-13-15(8-9-17(16)23(18)3)20(26)24(12-10-14(2)25)19-7-5-6-11-21-19;1-3-4-5-6-11-20-15(19)18-14(16)12-7-9-13(17-2)10-8-12/h5-9,11,13H,4,10,12H2,1-3H3;7-10,17H,3-6,11H2,1-2H3,(H2,16,18,19). The molecular weight excluding hydrogens is 582 g/mol. The first-order valence-electron chi connectivity index (χ1n) is 15.7. The van der Waals surface area contributed by atoms with Crippen LogP contribution in [0.5, 0.6) is 0 Å². The smallest absolute Gasteiger partial charge is 0.412 e. The fourth-order valence-corrected chi connectivity index (χ4v) is 4.67. The monoisotopic (exact) mass is 627 g/mol. The molecule has 4 aromatic rings. The van der Waals surface area contributed by atoms with E-state index in [0.29, 0.717) is 30.1 Å². The summed E-state index contributed by atoms with van der Waals surface area (Å²) < 4.78 is 7.06. The van der Waals surface area contributed by atoms with Gasteiger partial charge in [0.15, 0.2) is 0 Å². The van der Waals surface area contributed by atoms with Crippen molar-refractivity contribution in [2.45, 2.75) is 59.3 Å². The second-order valence-corrected chi connectivity index (χ2v) is 10.8. The second kappa shape index (κ2) is 18.0. The van der Waals surface area contributed by atoms with Gasteiger partial charge in [0.1, 0.15) is 23.3 Å². The van der Waals surface area contributed by atoms with E-state index in [9.17, 15) is 14.4 Å². The lowest BCUT2D eigenvalue weighted by Crippen LogP contribution is -2.33. The van der Waals surface area contributed by atoms with Gasteiger partial charge < -0.3 is 14.6 Å². The molecule has 11 nitrogen and oxygen atoms in total. The number of alkyl carbamates (subject to hydrolysis) is 1. The van der Waals surface area contributed by atoms with Gasteiger partial charge in [0.05, 0.1) is 17.6 Å². The maximum atomic E-state index is 13.1. The minimum atomic E-state index is -0.566. The molecule has 0 unspecified atom stereocenters. The minimum Gasteiger partial charge on any atom is -0.449 e. The highest BCUT2D eigenvalue weighted by atomic mass is 16.5. The zero-order valence-corrected chi connectivity index (χ0v) is 27.4. The Morgan fingerprint density at radius 2 is 1.72 bits per heavy atom. The van der Waals surface area contributed by atoms with E-state index in [4.69, 9.17) is 10.1 Å². The van der Waals surface area contributed by atoms with Crippen LogP contribution < -0.4 is 15.5 Å². The predicted molar refractivity (Wildman–Crippen MR) is 183 cm³/mol. The van der Waals surface area contributed by atoms with Gasteiger partial charge in [0, 0.05) is 56.5 Å². The molecule has 0 radical (unpaired) electrons. The van der Waals surface area contributed by atoms with E-state index in [0.717, 1.165) is 54.6 Å². The van der Waals surface area contributed by atoms with Crippen LogP contribution in [0.4, 0.5) is 16.3 Å². The Labute approximate surface area is 270 Å². The first kappa shape index (κ1) is 35.4. The molecule has 0 fully saturated rings. The molecule has 2 heterocycles.